The molecule has 1 aliphatic rings. The number of carbonyl (C=O) groups is 2. The van der Waals surface area contributed by atoms with Gasteiger partial charge in [-0.05, 0) is 41.5 Å². The van der Waals surface area contributed by atoms with Gasteiger partial charge in [-0.1, -0.05) is 30.3 Å². The summed E-state index contributed by atoms with van der Waals surface area (Å²) in [5.74, 6) is -0.377. The van der Waals surface area contributed by atoms with Crippen LogP contribution in [-0.4, -0.2) is 45.1 Å². The van der Waals surface area contributed by atoms with E-state index in [2.05, 4.69) is 19.8 Å². The molecule has 0 saturated carbocycles. The molecule has 0 amide bonds. The topological polar surface area (TPSA) is 114 Å². The van der Waals surface area contributed by atoms with Crippen LogP contribution in [0, 0.1) is 0 Å². The quantitative estimate of drug-likeness (QED) is 0.303. The van der Waals surface area contributed by atoms with E-state index in [0.717, 1.165) is 28.5 Å². The predicted molar refractivity (Wildman–Crippen MR) is 131 cm³/mol. The molecule has 3 aromatic rings. The van der Waals surface area contributed by atoms with E-state index in [4.69, 9.17) is 0 Å². The molecule has 0 bridgehead atoms. The first-order chi connectivity index (χ1) is 16.2. The molecule has 0 radical (unpaired) electrons. The van der Waals surface area contributed by atoms with Crippen molar-refractivity contribution in [2.75, 3.05) is 29.9 Å². The van der Waals surface area contributed by atoms with Gasteiger partial charge in [0.15, 0.2) is 5.78 Å². The highest BCUT2D eigenvalue weighted by Gasteiger charge is 2.30. The lowest BCUT2D eigenvalue weighted by atomic mass is 9.91. The maximum atomic E-state index is 13.3. The van der Waals surface area contributed by atoms with Gasteiger partial charge >= 0.3 is 5.97 Å². The minimum atomic E-state index is -3.45. The van der Waals surface area contributed by atoms with Crippen molar-refractivity contribution >= 4 is 39.4 Å². The molecule has 0 fully saturated rings. The zero-order chi connectivity index (χ0) is 24.3. The number of hydrogen-bond acceptors (Lipinski definition) is 7. The number of esters is 1. The minimum absolute atomic E-state index is 0.128. The number of methoxy groups -OCH3 is 1. The third-order valence-electron chi connectivity index (χ3n) is 5.37. The molecule has 2 aromatic carbocycles. The number of nitrogens with one attached hydrogen (secondary N) is 2. The third kappa shape index (κ3) is 5.32. The minimum Gasteiger partial charge on any atom is -0.466 e. The number of anilines is 2. The lowest BCUT2D eigenvalue weighted by Gasteiger charge is -2.12. The second kappa shape index (κ2) is 9.48. The zero-order valence-electron chi connectivity index (χ0n) is 18.6. The summed E-state index contributed by atoms with van der Waals surface area (Å²) >= 11 is 0. The number of rotatable bonds is 7. The van der Waals surface area contributed by atoms with E-state index >= 15 is 0 Å². The average molecular weight is 478 g/mol. The van der Waals surface area contributed by atoms with Crippen LogP contribution in [0.3, 0.4) is 0 Å². The summed E-state index contributed by atoms with van der Waals surface area (Å²) in [5, 5.41) is 3.18. The van der Waals surface area contributed by atoms with Gasteiger partial charge in [0, 0.05) is 41.2 Å². The first-order valence-corrected chi connectivity index (χ1v) is 12.3. The molecule has 9 heteroatoms. The second-order valence-electron chi connectivity index (χ2n) is 7.90. The van der Waals surface area contributed by atoms with Crippen molar-refractivity contribution in [3.8, 4) is 11.1 Å². The van der Waals surface area contributed by atoms with Gasteiger partial charge in [-0.15, -0.1) is 0 Å². The molecular formula is C25H23N3O5S. The highest BCUT2D eigenvalue weighted by molar-refractivity contribution is 7.92. The van der Waals surface area contributed by atoms with Crippen LogP contribution >= 0.6 is 0 Å². The van der Waals surface area contributed by atoms with Crippen LogP contribution < -0.4 is 10.0 Å². The smallest absolute Gasteiger partial charge is 0.330 e. The van der Waals surface area contributed by atoms with Gasteiger partial charge in [0.25, 0.3) is 0 Å². The molecule has 8 nitrogen and oxygen atoms in total. The Labute approximate surface area is 197 Å². The van der Waals surface area contributed by atoms with Crippen LogP contribution in [0.4, 0.5) is 11.5 Å². The number of fused-ring (bicyclic) bond motifs is 1. The molecular weight excluding hydrogens is 454 g/mol. The number of aromatic nitrogens is 1. The summed E-state index contributed by atoms with van der Waals surface area (Å²) in [6.45, 7) is 0.399. The number of benzene rings is 2. The summed E-state index contributed by atoms with van der Waals surface area (Å²) in [6, 6.07) is 16.0. The van der Waals surface area contributed by atoms with E-state index in [1.54, 1.807) is 30.5 Å². The van der Waals surface area contributed by atoms with Crippen molar-refractivity contribution in [2.24, 2.45) is 0 Å². The van der Waals surface area contributed by atoms with E-state index in [0.29, 0.717) is 23.6 Å². The Balaban J connectivity index is 1.62. The van der Waals surface area contributed by atoms with Gasteiger partial charge in [0.1, 0.15) is 5.82 Å². The van der Waals surface area contributed by atoms with Crippen molar-refractivity contribution in [3.05, 3.63) is 83.6 Å². The monoisotopic (exact) mass is 477 g/mol. The highest BCUT2D eigenvalue weighted by atomic mass is 32.2. The SMILES string of the molecule is COC(=O)/C=C/c1cccc(-c2cnc3c(c2)C(C(=O)c2cccc(NS(C)(=O)=O)c2)CN3)c1. The van der Waals surface area contributed by atoms with Gasteiger partial charge in [0.05, 0.1) is 19.3 Å². The summed E-state index contributed by atoms with van der Waals surface area (Å²) in [7, 11) is -2.13. The molecule has 34 heavy (non-hydrogen) atoms. The average Bonchev–Trinajstić information content (AvgIpc) is 3.24. The zero-order valence-corrected chi connectivity index (χ0v) is 19.4. The highest BCUT2D eigenvalue weighted by Crippen LogP contribution is 2.35. The van der Waals surface area contributed by atoms with Gasteiger partial charge in [-0.3, -0.25) is 9.52 Å². The Kier molecular flexibility index (Phi) is 6.47. The molecule has 1 aliphatic heterocycles. The Morgan fingerprint density at radius 3 is 2.68 bits per heavy atom. The van der Waals surface area contributed by atoms with Gasteiger partial charge in [-0.2, -0.15) is 0 Å². The van der Waals surface area contributed by atoms with E-state index in [9.17, 15) is 18.0 Å². The van der Waals surface area contributed by atoms with Gasteiger partial charge in [-0.25, -0.2) is 18.2 Å². The van der Waals surface area contributed by atoms with E-state index < -0.39 is 21.9 Å². The second-order valence-corrected chi connectivity index (χ2v) is 9.65. The first kappa shape index (κ1) is 23.2. The van der Waals surface area contributed by atoms with Crippen molar-refractivity contribution in [1.29, 1.82) is 0 Å². The number of nitrogens with zero attached hydrogens (tertiary/aromatic N) is 1. The van der Waals surface area contributed by atoms with Crippen LogP contribution in [0.15, 0.2) is 66.9 Å². The van der Waals surface area contributed by atoms with Crippen molar-refractivity contribution in [3.63, 3.8) is 0 Å². The Hall–Kier alpha value is -3.98. The standard InChI is InChI=1S/C25H23N3O5S/c1-33-23(29)10-9-16-5-3-6-17(11-16)19-13-21-22(15-27-25(21)26-14-19)24(30)18-7-4-8-20(12-18)28-34(2,31)32/h3-14,22,28H,15H2,1-2H3,(H,26,27)/b10-9+. The number of sulfonamides is 1. The molecule has 1 aromatic heterocycles. The maximum absolute atomic E-state index is 13.3. The number of ketones is 1. The van der Waals surface area contributed by atoms with Crippen molar-refractivity contribution in [1.82, 2.24) is 4.98 Å². The largest absolute Gasteiger partial charge is 0.466 e. The molecule has 174 valence electrons. The lowest BCUT2D eigenvalue weighted by molar-refractivity contribution is -0.134. The molecule has 1 atom stereocenters. The molecule has 2 heterocycles. The third-order valence-corrected chi connectivity index (χ3v) is 5.97. The van der Waals surface area contributed by atoms with Crippen molar-refractivity contribution in [2.45, 2.75) is 5.92 Å². The summed E-state index contributed by atoms with van der Waals surface area (Å²) in [6.07, 6.45) is 5.82. The Bertz CT molecular complexity index is 1400. The first-order valence-electron chi connectivity index (χ1n) is 10.5. The van der Waals surface area contributed by atoms with Crippen LogP contribution in [0.2, 0.25) is 0 Å². The molecule has 4 rings (SSSR count). The number of ether oxygens (including phenoxy) is 1. The Morgan fingerprint density at radius 1 is 1.12 bits per heavy atom. The molecule has 0 spiro atoms. The summed E-state index contributed by atoms with van der Waals surface area (Å²) in [4.78, 5) is 29.2. The van der Waals surface area contributed by atoms with Crippen LogP contribution in [0.25, 0.3) is 17.2 Å². The van der Waals surface area contributed by atoms with Gasteiger partial charge in [0.2, 0.25) is 10.0 Å². The van der Waals surface area contributed by atoms with Crippen LogP contribution in [0.5, 0.6) is 0 Å². The van der Waals surface area contributed by atoms with Crippen molar-refractivity contribution < 1.29 is 22.7 Å². The van der Waals surface area contributed by atoms with E-state index in [1.807, 2.05) is 30.3 Å². The molecule has 0 saturated heterocycles. The number of hydrogen-bond donors (Lipinski definition) is 2. The lowest BCUT2D eigenvalue weighted by Crippen LogP contribution is -2.16. The molecule has 0 aliphatic carbocycles. The van der Waals surface area contributed by atoms with Crippen LogP contribution in [-0.2, 0) is 19.6 Å². The predicted octanol–water partition coefficient (Wildman–Crippen LogP) is 3.70. The van der Waals surface area contributed by atoms with E-state index in [-0.39, 0.29) is 5.78 Å². The fourth-order valence-corrected chi connectivity index (χ4v) is 4.36. The molecule has 1 unspecified atom stereocenters. The normalized spacial score (nSPS) is 14.9. The number of pyridine rings is 1. The van der Waals surface area contributed by atoms with Gasteiger partial charge < -0.3 is 10.1 Å². The summed E-state index contributed by atoms with van der Waals surface area (Å²) in [5.41, 5.74) is 4.07. The fourth-order valence-electron chi connectivity index (χ4n) is 3.80. The fraction of sp³-hybridized carbons (Fsp3) is 0.160. The van der Waals surface area contributed by atoms with E-state index in [1.165, 1.54) is 19.3 Å². The maximum Gasteiger partial charge on any atom is 0.330 e. The number of carbonyl (C=O) groups excluding carboxylic acids is 2. The molecule has 2 N–H and O–H groups in total. The Morgan fingerprint density at radius 2 is 1.91 bits per heavy atom. The van der Waals surface area contributed by atoms with Crippen LogP contribution in [0.1, 0.15) is 27.4 Å². The number of Topliss-reactive ketones (excluding diaryl/α,β-unsaturated/α-hetero) is 1. The summed E-state index contributed by atoms with van der Waals surface area (Å²) < 4.78 is 30.1.